The predicted molar refractivity (Wildman–Crippen MR) is 61.0 cm³/mol. The highest BCUT2D eigenvalue weighted by Crippen LogP contribution is 2.38. The third kappa shape index (κ3) is 1.37. The van der Waals surface area contributed by atoms with Crippen molar-refractivity contribution in [1.29, 1.82) is 0 Å². The summed E-state index contributed by atoms with van der Waals surface area (Å²) in [6, 6.07) is 2.41. The molecular weight excluding hydrogens is 204 g/mol. The molecule has 0 radical (unpaired) electrons. The van der Waals surface area contributed by atoms with Crippen LogP contribution in [-0.4, -0.2) is 37.4 Å². The number of aryl methyl sites for hydroxylation is 1. The average Bonchev–Trinajstić information content (AvgIpc) is 2.72. The minimum Gasteiger partial charge on any atom is -0.487 e. The number of hydrogen-bond acceptors (Lipinski definition) is 4. The second kappa shape index (κ2) is 3.63. The minimum atomic E-state index is 0.307. The van der Waals surface area contributed by atoms with Gasteiger partial charge in [-0.15, -0.1) is 0 Å². The zero-order valence-electron chi connectivity index (χ0n) is 9.64. The molecule has 2 aliphatic rings. The lowest BCUT2D eigenvalue weighted by Crippen LogP contribution is -2.39. The first-order valence-corrected chi connectivity index (χ1v) is 5.67. The molecule has 1 aromatic rings. The maximum absolute atomic E-state index is 5.80. The van der Waals surface area contributed by atoms with Crippen LogP contribution in [0.5, 0.6) is 5.75 Å². The van der Waals surface area contributed by atoms with E-state index in [1.54, 1.807) is 7.11 Å². The van der Waals surface area contributed by atoms with Crippen LogP contribution >= 0.6 is 0 Å². The summed E-state index contributed by atoms with van der Waals surface area (Å²) in [4.78, 5) is 6.76. The van der Waals surface area contributed by atoms with Crippen molar-refractivity contribution in [3.8, 4) is 5.75 Å². The normalized spacial score (nSPS) is 27.2. The average molecular weight is 220 g/mol. The van der Waals surface area contributed by atoms with Gasteiger partial charge < -0.3 is 14.4 Å². The van der Waals surface area contributed by atoms with E-state index in [9.17, 15) is 0 Å². The van der Waals surface area contributed by atoms with Gasteiger partial charge in [0.25, 0.3) is 0 Å². The molecule has 0 saturated carbocycles. The van der Waals surface area contributed by atoms with Crippen molar-refractivity contribution < 1.29 is 9.47 Å². The van der Waals surface area contributed by atoms with E-state index in [1.165, 1.54) is 0 Å². The summed E-state index contributed by atoms with van der Waals surface area (Å²) >= 11 is 0. The third-order valence-corrected chi connectivity index (χ3v) is 3.48. The number of anilines is 1. The molecule has 2 aliphatic heterocycles. The highest BCUT2D eigenvalue weighted by atomic mass is 16.5. The van der Waals surface area contributed by atoms with Gasteiger partial charge in [-0.2, -0.15) is 0 Å². The van der Waals surface area contributed by atoms with Gasteiger partial charge in [-0.3, -0.25) is 0 Å². The lowest BCUT2D eigenvalue weighted by atomic mass is 10.1. The van der Waals surface area contributed by atoms with E-state index in [-0.39, 0.29) is 0 Å². The van der Waals surface area contributed by atoms with E-state index in [0.29, 0.717) is 12.1 Å². The van der Waals surface area contributed by atoms with Crippen molar-refractivity contribution in [2.24, 2.45) is 0 Å². The number of fused-ring (bicyclic) bond motifs is 3. The maximum atomic E-state index is 5.80. The van der Waals surface area contributed by atoms with Crippen LogP contribution in [0.25, 0.3) is 0 Å². The molecule has 1 aromatic heterocycles. The molecule has 1 fully saturated rings. The summed E-state index contributed by atoms with van der Waals surface area (Å²) in [7, 11) is 1.77. The molecule has 0 N–H and O–H groups in total. The lowest BCUT2D eigenvalue weighted by molar-refractivity contribution is 0.116. The number of ether oxygens (including phenoxy) is 2. The van der Waals surface area contributed by atoms with Crippen LogP contribution in [0.4, 0.5) is 5.82 Å². The Hall–Kier alpha value is -1.29. The zero-order valence-corrected chi connectivity index (χ0v) is 9.64. The monoisotopic (exact) mass is 220 g/mol. The number of aromatic nitrogens is 1. The van der Waals surface area contributed by atoms with Crippen LogP contribution in [0.15, 0.2) is 12.3 Å². The Morgan fingerprint density at radius 2 is 2.44 bits per heavy atom. The SMILES string of the molecule is CO[C@@H]1CC2COc3c(C)ccnc3N2C1. The van der Waals surface area contributed by atoms with Crippen LogP contribution in [-0.2, 0) is 4.74 Å². The zero-order chi connectivity index (χ0) is 11.1. The summed E-state index contributed by atoms with van der Waals surface area (Å²) in [5.74, 6) is 1.92. The standard InChI is InChI=1S/C12H16N2O2/c1-8-3-4-13-12-11(8)16-7-9-5-10(15-2)6-14(9)12/h3-4,9-10H,5-7H2,1-2H3/t9?,10-/m1/s1. The van der Waals surface area contributed by atoms with Gasteiger partial charge >= 0.3 is 0 Å². The van der Waals surface area contributed by atoms with E-state index in [4.69, 9.17) is 9.47 Å². The molecule has 0 aromatic carbocycles. The molecule has 2 atom stereocenters. The minimum absolute atomic E-state index is 0.307. The van der Waals surface area contributed by atoms with Crippen molar-refractivity contribution in [3.05, 3.63) is 17.8 Å². The number of methoxy groups -OCH3 is 1. The van der Waals surface area contributed by atoms with Gasteiger partial charge in [-0.05, 0) is 25.0 Å². The number of hydrogen-bond donors (Lipinski definition) is 0. The highest BCUT2D eigenvalue weighted by Gasteiger charge is 2.38. The molecule has 4 nitrogen and oxygen atoms in total. The van der Waals surface area contributed by atoms with E-state index in [1.807, 2.05) is 12.3 Å². The number of nitrogens with zero attached hydrogens (tertiary/aromatic N) is 2. The molecule has 86 valence electrons. The van der Waals surface area contributed by atoms with Crippen LogP contribution in [0.1, 0.15) is 12.0 Å². The molecule has 0 aliphatic carbocycles. The van der Waals surface area contributed by atoms with E-state index in [0.717, 1.165) is 36.7 Å². The molecule has 16 heavy (non-hydrogen) atoms. The fraction of sp³-hybridized carbons (Fsp3) is 0.583. The first-order valence-electron chi connectivity index (χ1n) is 5.67. The van der Waals surface area contributed by atoms with Gasteiger partial charge in [0.15, 0.2) is 11.6 Å². The van der Waals surface area contributed by atoms with Gasteiger partial charge in [-0.1, -0.05) is 0 Å². The van der Waals surface area contributed by atoms with Crippen LogP contribution in [0.2, 0.25) is 0 Å². The molecule has 3 heterocycles. The lowest BCUT2D eigenvalue weighted by Gasteiger charge is -2.32. The molecule has 4 heteroatoms. The molecule has 0 bridgehead atoms. The fourth-order valence-corrected chi connectivity index (χ4v) is 2.55. The van der Waals surface area contributed by atoms with Gasteiger partial charge in [0.2, 0.25) is 0 Å². The first kappa shape index (κ1) is 9.90. The van der Waals surface area contributed by atoms with Crippen LogP contribution in [0.3, 0.4) is 0 Å². The largest absolute Gasteiger partial charge is 0.487 e. The van der Waals surface area contributed by atoms with Gasteiger partial charge in [-0.25, -0.2) is 4.98 Å². The topological polar surface area (TPSA) is 34.6 Å². The summed E-state index contributed by atoms with van der Waals surface area (Å²) < 4.78 is 11.2. The molecule has 0 amide bonds. The summed E-state index contributed by atoms with van der Waals surface area (Å²) in [6.07, 6.45) is 3.19. The Bertz CT molecular complexity index is 408. The van der Waals surface area contributed by atoms with Crippen LogP contribution < -0.4 is 9.64 Å². The second-order valence-electron chi connectivity index (χ2n) is 4.49. The first-order chi connectivity index (χ1) is 7.79. The number of rotatable bonds is 1. The van der Waals surface area contributed by atoms with Gasteiger partial charge in [0.1, 0.15) is 6.61 Å². The Labute approximate surface area is 95.2 Å². The van der Waals surface area contributed by atoms with Crippen molar-refractivity contribution in [2.75, 3.05) is 25.2 Å². The van der Waals surface area contributed by atoms with Crippen molar-refractivity contribution in [3.63, 3.8) is 0 Å². The Morgan fingerprint density at radius 1 is 1.56 bits per heavy atom. The third-order valence-electron chi connectivity index (χ3n) is 3.48. The predicted octanol–water partition coefficient (Wildman–Crippen LogP) is 1.38. The van der Waals surface area contributed by atoms with Crippen LogP contribution in [0, 0.1) is 6.92 Å². The number of pyridine rings is 1. The summed E-state index contributed by atoms with van der Waals surface area (Å²) in [5.41, 5.74) is 1.16. The Morgan fingerprint density at radius 3 is 3.25 bits per heavy atom. The Kier molecular flexibility index (Phi) is 2.24. The van der Waals surface area contributed by atoms with Gasteiger partial charge in [0, 0.05) is 19.9 Å². The Balaban J connectivity index is 1.97. The fourth-order valence-electron chi connectivity index (χ4n) is 2.55. The van der Waals surface area contributed by atoms with E-state index >= 15 is 0 Å². The second-order valence-corrected chi connectivity index (χ2v) is 4.49. The summed E-state index contributed by atoms with van der Waals surface area (Å²) in [6.45, 7) is 3.73. The van der Waals surface area contributed by atoms with Crippen molar-refractivity contribution >= 4 is 5.82 Å². The smallest absolute Gasteiger partial charge is 0.172 e. The summed E-state index contributed by atoms with van der Waals surface area (Å²) in [5, 5.41) is 0. The molecular formula is C12H16N2O2. The molecule has 1 saturated heterocycles. The molecule has 3 rings (SSSR count). The molecule has 0 spiro atoms. The maximum Gasteiger partial charge on any atom is 0.172 e. The quantitative estimate of drug-likeness (QED) is 0.716. The van der Waals surface area contributed by atoms with E-state index < -0.39 is 0 Å². The molecule has 1 unspecified atom stereocenters. The highest BCUT2D eigenvalue weighted by molar-refractivity contribution is 5.59. The van der Waals surface area contributed by atoms with Gasteiger partial charge in [0.05, 0.1) is 12.1 Å². The van der Waals surface area contributed by atoms with Crippen molar-refractivity contribution in [2.45, 2.75) is 25.5 Å². The van der Waals surface area contributed by atoms with E-state index in [2.05, 4.69) is 16.8 Å². The van der Waals surface area contributed by atoms with Crippen molar-refractivity contribution in [1.82, 2.24) is 4.98 Å².